The Hall–Kier alpha value is -0.220. The van der Waals surface area contributed by atoms with Crippen LogP contribution in [0.2, 0.25) is 0 Å². The third kappa shape index (κ3) is 3.21. The number of aliphatic imine (C=N–C) groups is 1. The molecule has 1 heterocycles. The number of rotatable bonds is 5. The molecule has 0 aromatic carbocycles. The summed E-state index contributed by atoms with van der Waals surface area (Å²) < 4.78 is 5.52. The van der Waals surface area contributed by atoms with Crippen molar-refractivity contribution in [1.82, 2.24) is 5.32 Å². The number of methoxy groups -OCH3 is 1. The van der Waals surface area contributed by atoms with E-state index in [0.29, 0.717) is 17.4 Å². The van der Waals surface area contributed by atoms with Crippen molar-refractivity contribution in [2.75, 3.05) is 13.7 Å². The Labute approximate surface area is 115 Å². The van der Waals surface area contributed by atoms with E-state index in [1.807, 2.05) is 18.9 Å². The Morgan fingerprint density at radius 1 is 1.39 bits per heavy atom. The van der Waals surface area contributed by atoms with Crippen LogP contribution in [-0.2, 0) is 4.74 Å². The molecule has 0 saturated heterocycles. The van der Waals surface area contributed by atoms with Crippen LogP contribution in [0.25, 0.3) is 0 Å². The molecule has 0 radical (unpaired) electrons. The van der Waals surface area contributed by atoms with Crippen molar-refractivity contribution in [2.24, 2.45) is 10.9 Å². The third-order valence-electron chi connectivity index (χ3n) is 4.32. The Morgan fingerprint density at radius 3 is 2.83 bits per heavy atom. The van der Waals surface area contributed by atoms with Gasteiger partial charge in [-0.3, -0.25) is 4.99 Å². The highest BCUT2D eigenvalue weighted by Crippen LogP contribution is 2.31. The topological polar surface area (TPSA) is 33.6 Å². The lowest BCUT2D eigenvalue weighted by atomic mass is 9.99. The van der Waals surface area contributed by atoms with Gasteiger partial charge in [-0.25, -0.2) is 0 Å². The first-order chi connectivity index (χ1) is 8.78. The highest BCUT2D eigenvalue weighted by molar-refractivity contribution is 8.14. The fraction of sp³-hybridized carbons (Fsp3) is 0.929. The summed E-state index contributed by atoms with van der Waals surface area (Å²) >= 11 is 1.95. The zero-order valence-corrected chi connectivity index (χ0v) is 12.6. The smallest absolute Gasteiger partial charge is 0.157 e. The van der Waals surface area contributed by atoms with E-state index in [1.165, 1.54) is 32.1 Å². The fourth-order valence-corrected chi connectivity index (χ4v) is 4.44. The van der Waals surface area contributed by atoms with Gasteiger partial charge in [0, 0.05) is 12.4 Å². The molecule has 1 aliphatic carbocycles. The number of thioether (sulfide) groups is 1. The van der Waals surface area contributed by atoms with Crippen molar-refractivity contribution >= 4 is 16.9 Å². The van der Waals surface area contributed by atoms with Gasteiger partial charge in [0.25, 0.3) is 0 Å². The molecule has 1 saturated carbocycles. The molecule has 18 heavy (non-hydrogen) atoms. The number of hydrogen-bond donors (Lipinski definition) is 1. The van der Waals surface area contributed by atoms with E-state index < -0.39 is 0 Å². The van der Waals surface area contributed by atoms with Crippen molar-refractivity contribution in [3.63, 3.8) is 0 Å². The van der Waals surface area contributed by atoms with Crippen LogP contribution >= 0.6 is 11.8 Å². The van der Waals surface area contributed by atoms with E-state index >= 15 is 0 Å². The molecule has 4 heteroatoms. The standard InChI is InChI=1S/C14H26N2OS/c1-4-10(5-2)13-9-15-14(18-13)16-11-7-6-8-12(11)17-3/h10-13H,4-9H2,1-3H3,(H,15,16). The summed E-state index contributed by atoms with van der Waals surface area (Å²) in [7, 11) is 1.82. The van der Waals surface area contributed by atoms with Gasteiger partial charge in [0.1, 0.15) is 0 Å². The van der Waals surface area contributed by atoms with Gasteiger partial charge in [-0.1, -0.05) is 38.5 Å². The van der Waals surface area contributed by atoms with Gasteiger partial charge in [0.2, 0.25) is 0 Å². The van der Waals surface area contributed by atoms with Crippen LogP contribution in [0.5, 0.6) is 0 Å². The van der Waals surface area contributed by atoms with Crippen LogP contribution in [0, 0.1) is 5.92 Å². The summed E-state index contributed by atoms with van der Waals surface area (Å²) in [4.78, 5) is 4.68. The summed E-state index contributed by atoms with van der Waals surface area (Å²) in [5.41, 5.74) is 0. The predicted molar refractivity (Wildman–Crippen MR) is 79.3 cm³/mol. The molecule has 0 spiro atoms. The minimum absolute atomic E-state index is 0.375. The second kappa shape index (κ2) is 6.80. The Kier molecular flexibility index (Phi) is 5.37. The maximum atomic E-state index is 5.52. The van der Waals surface area contributed by atoms with Gasteiger partial charge in [-0.15, -0.1) is 0 Å². The van der Waals surface area contributed by atoms with Crippen molar-refractivity contribution < 1.29 is 4.74 Å². The van der Waals surface area contributed by atoms with Crippen molar-refractivity contribution in [2.45, 2.75) is 63.3 Å². The largest absolute Gasteiger partial charge is 0.379 e. The van der Waals surface area contributed by atoms with Crippen LogP contribution in [0.1, 0.15) is 46.0 Å². The SMILES string of the molecule is CCC(CC)C1CN=C(NC2CCCC2OC)S1. The van der Waals surface area contributed by atoms with Gasteiger partial charge in [0.05, 0.1) is 18.7 Å². The zero-order chi connectivity index (χ0) is 13.0. The molecule has 1 fully saturated rings. The molecule has 3 unspecified atom stereocenters. The third-order valence-corrected chi connectivity index (χ3v) is 5.62. The molecule has 1 N–H and O–H groups in total. The second-order valence-corrected chi connectivity index (χ2v) is 6.56. The normalized spacial score (nSPS) is 32.0. The Balaban J connectivity index is 1.82. The quantitative estimate of drug-likeness (QED) is 0.833. The van der Waals surface area contributed by atoms with Crippen molar-refractivity contribution in [1.29, 1.82) is 0 Å². The van der Waals surface area contributed by atoms with Crippen LogP contribution in [0.15, 0.2) is 4.99 Å². The lowest BCUT2D eigenvalue weighted by molar-refractivity contribution is 0.0910. The maximum Gasteiger partial charge on any atom is 0.157 e. The van der Waals surface area contributed by atoms with Crippen LogP contribution in [0.3, 0.4) is 0 Å². The van der Waals surface area contributed by atoms with E-state index in [2.05, 4.69) is 24.2 Å². The highest BCUT2D eigenvalue weighted by Gasteiger charge is 2.31. The van der Waals surface area contributed by atoms with E-state index in [0.717, 1.165) is 17.6 Å². The van der Waals surface area contributed by atoms with E-state index in [4.69, 9.17) is 4.74 Å². The summed E-state index contributed by atoms with van der Waals surface area (Å²) in [6.07, 6.45) is 6.57. The van der Waals surface area contributed by atoms with Gasteiger partial charge in [-0.2, -0.15) is 0 Å². The van der Waals surface area contributed by atoms with Crippen LogP contribution < -0.4 is 5.32 Å². The summed E-state index contributed by atoms with van der Waals surface area (Å²) in [5.74, 6) is 0.805. The van der Waals surface area contributed by atoms with Crippen LogP contribution in [0.4, 0.5) is 0 Å². The zero-order valence-electron chi connectivity index (χ0n) is 11.8. The molecule has 0 aromatic rings. The fourth-order valence-electron chi connectivity index (χ4n) is 3.06. The molecule has 1 aliphatic heterocycles. The van der Waals surface area contributed by atoms with Gasteiger partial charge in [-0.05, 0) is 25.2 Å². The van der Waals surface area contributed by atoms with Gasteiger partial charge >= 0.3 is 0 Å². The van der Waals surface area contributed by atoms with Crippen molar-refractivity contribution in [3.8, 4) is 0 Å². The molecule has 0 amide bonds. The average Bonchev–Trinajstić information content (AvgIpc) is 3.01. The Morgan fingerprint density at radius 2 is 2.17 bits per heavy atom. The number of nitrogens with one attached hydrogen (secondary N) is 1. The predicted octanol–water partition coefficient (Wildman–Crippen LogP) is 3.05. The number of ether oxygens (including phenoxy) is 1. The summed E-state index contributed by atoms with van der Waals surface area (Å²) in [5, 5.41) is 5.44. The van der Waals surface area contributed by atoms with Gasteiger partial charge in [0.15, 0.2) is 5.17 Å². The number of amidine groups is 1. The minimum Gasteiger partial charge on any atom is -0.379 e. The first-order valence-corrected chi connectivity index (χ1v) is 8.16. The molecule has 104 valence electrons. The molecule has 3 nitrogen and oxygen atoms in total. The Bertz CT molecular complexity index is 292. The molecular formula is C14H26N2OS. The maximum absolute atomic E-state index is 5.52. The lowest BCUT2D eigenvalue weighted by Crippen LogP contribution is -2.39. The van der Waals surface area contributed by atoms with E-state index in [-0.39, 0.29) is 0 Å². The molecule has 2 aliphatic rings. The lowest BCUT2D eigenvalue weighted by Gasteiger charge is -2.22. The molecule has 3 atom stereocenters. The summed E-state index contributed by atoms with van der Waals surface area (Å²) in [6.45, 7) is 5.57. The number of nitrogens with zero attached hydrogens (tertiary/aromatic N) is 1. The number of hydrogen-bond acceptors (Lipinski definition) is 4. The van der Waals surface area contributed by atoms with E-state index in [9.17, 15) is 0 Å². The average molecular weight is 270 g/mol. The van der Waals surface area contributed by atoms with Crippen molar-refractivity contribution in [3.05, 3.63) is 0 Å². The van der Waals surface area contributed by atoms with E-state index in [1.54, 1.807) is 0 Å². The molecule has 0 bridgehead atoms. The molecule has 0 aromatic heterocycles. The molecule has 2 rings (SSSR count). The first-order valence-electron chi connectivity index (χ1n) is 7.28. The first kappa shape index (κ1) is 14.2. The monoisotopic (exact) mass is 270 g/mol. The second-order valence-electron chi connectivity index (χ2n) is 5.33. The minimum atomic E-state index is 0.375. The molecular weight excluding hydrogens is 244 g/mol. The van der Waals surface area contributed by atoms with Gasteiger partial charge < -0.3 is 10.1 Å². The van der Waals surface area contributed by atoms with Crippen LogP contribution in [-0.4, -0.2) is 36.2 Å². The highest BCUT2D eigenvalue weighted by atomic mass is 32.2. The summed E-state index contributed by atoms with van der Waals surface area (Å²) in [6, 6.07) is 0.474.